The van der Waals surface area contributed by atoms with E-state index in [1.54, 1.807) is 7.05 Å². The molecule has 0 spiro atoms. The summed E-state index contributed by atoms with van der Waals surface area (Å²) in [7, 11) is 1.63. The Kier molecular flexibility index (Phi) is 3.31. The summed E-state index contributed by atoms with van der Waals surface area (Å²) in [6, 6.07) is 3.77. The van der Waals surface area contributed by atoms with E-state index in [0.717, 1.165) is 6.07 Å². The van der Waals surface area contributed by atoms with Gasteiger partial charge in [0.1, 0.15) is 11.6 Å². The maximum atomic E-state index is 13.0. The molecule has 2 rings (SSSR count). The van der Waals surface area contributed by atoms with E-state index in [-0.39, 0.29) is 18.0 Å². The molecule has 0 N–H and O–H groups in total. The fourth-order valence-corrected chi connectivity index (χ4v) is 1.43. The predicted octanol–water partition coefficient (Wildman–Crippen LogP) is 1.13. The van der Waals surface area contributed by atoms with E-state index in [1.165, 1.54) is 23.9 Å². The van der Waals surface area contributed by atoms with Crippen LogP contribution in [-0.2, 0) is 13.7 Å². The summed E-state index contributed by atoms with van der Waals surface area (Å²) in [5.74, 6) is -0.0607. The number of Topliss-reactive ketones (excluding diaryl/α,β-unsaturated/α-hetero) is 1. The second-order valence-corrected chi connectivity index (χ2v) is 3.68. The van der Waals surface area contributed by atoms with Gasteiger partial charge in [-0.1, -0.05) is 0 Å². The molecule has 1 aromatic heterocycles. The number of hydrogen-bond acceptors (Lipinski definition) is 5. The van der Waals surface area contributed by atoms with Crippen molar-refractivity contribution in [3.63, 3.8) is 0 Å². The first-order valence-corrected chi connectivity index (χ1v) is 5.22. The number of nitrogens with zero attached hydrogens (tertiary/aromatic N) is 4. The van der Waals surface area contributed by atoms with Crippen LogP contribution in [0.25, 0.3) is 0 Å². The molecule has 1 heterocycles. The van der Waals surface area contributed by atoms with Crippen LogP contribution in [-0.4, -0.2) is 26.0 Å². The number of aromatic nitrogens is 4. The Balaban J connectivity index is 2.16. The predicted molar refractivity (Wildman–Crippen MR) is 59.5 cm³/mol. The number of aryl methyl sites for hydroxylation is 1. The van der Waals surface area contributed by atoms with Crippen LogP contribution in [0.4, 0.5) is 4.39 Å². The summed E-state index contributed by atoms with van der Waals surface area (Å²) in [5.41, 5.74) is 0.193. The standard InChI is InChI=1S/C11H11FN4O2/c1-7(17)9-5-8(12)3-4-10(9)18-6-11-13-15-16(2)14-11/h3-5H,6H2,1-2H3. The second-order valence-electron chi connectivity index (χ2n) is 3.68. The fourth-order valence-electron chi connectivity index (χ4n) is 1.43. The first-order chi connectivity index (χ1) is 8.56. The zero-order chi connectivity index (χ0) is 13.1. The minimum Gasteiger partial charge on any atom is -0.485 e. The Hall–Kier alpha value is -2.31. The van der Waals surface area contributed by atoms with Gasteiger partial charge in [0.15, 0.2) is 12.4 Å². The lowest BCUT2D eigenvalue weighted by Crippen LogP contribution is -2.04. The molecular formula is C11H11FN4O2. The molecule has 1 aromatic carbocycles. The van der Waals surface area contributed by atoms with Gasteiger partial charge < -0.3 is 4.74 Å². The molecule has 0 aliphatic rings. The lowest BCUT2D eigenvalue weighted by atomic mass is 10.1. The van der Waals surface area contributed by atoms with Crippen molar-refractivity contribution in [1.29, 1.82) is 0 Å². The third-order valence-corrected chi connectivity index (χ3v) is 2.23. The topological polar surface area (TPSA) is 69.9 Å². The Bertz CT molecular complexity index is 582. The summed E-state index contributed by atoms with van der Waals surface area (Å²) >= 11 is 0. The molecule has 0 radical (unpaired) electrons. The van der Waals surface area contributed by atoms with Gasteiger partial charge in [0.05, 0.1) is 12.6 Å². The van der Waals surface area contributed by atoms with Crippen molar-refractivity contribution in [1.82, 2.24) is 20.2 Å². The number of rotatable bonds is 4. The van der Waals surface area contributed by atoms with Gasteiger partial charge in [0, 0.05) is 0 Å². The lowest BCUT2D eigenvalue weighted by Gasteiger charge is -2.07. The normalized spacial score (nSPS) is 10.4. The van der Waals surface area contributed by atoms with Crippen LogP contribution in [0.3, 0.4) is 0 Å². The highest BCUT2D eigenvalue weighted by molar-refractivity contribution is 5.96. The lowest BCUT2D eigenvalue weighted by molar-refractivity contribution is 0.101. The van der Waals surface area contributed by atoms with E-state index in [9.17, 15) is 9.18 Å². The largest absolute Gasteiger partial charge is 0.485 e. The van der Waals surface area contributed by atoms with E-state index >= 15 is 0 Å². The Labute approximate surface area is 102 Å². The molecule has 0 saturated heterocycles. The van der Waals surface area contributed by atoms with Crippen molar-refractivity contribution >= 4 is 5.78 Å². The molecule has 0 aliphatic carbocycles. The number of carbonyl (C=O) groups excluding carboxylic acids is 1. The molecule has 0 aliphatic heterocycles. The maximum Gasteiger partial charge on any atom is 0.212 e. The van der Waals surface area contributed by atoms with Crippen LogP contribution in [0.5, 0.6) is 5.75 Å². The summed E-state index contributed by atoms with van der Waals surface area (Å²) in [5, 5.41) is 11.3. The van der Waals surface area contributed by atoms with Gasteiger partial charge in [0.25, 0.3) is 0 Å². The average molecular weight is 250 g/mol. The Morgan fingerprint density at radius 3 is 2.89 bits per heavy atom. The minimum atomic E-state index is -0.481. The number of ether oxygens (including phenoxy) is 1. The first-order valence-electron chi connectivity index (χ1n) is 5.22. The third kappa shape index (κ3) is 2.68. The van der Waals surface area contributed by atoms with Crippen molar-refractivity contribution in [3.05, 3.63) is 35.4 Å². The monoisotopic (exact) mass is 250 g/mol. The van der Waals surface area contributed by atoms with Crippen molar-refractivity contribution in [2.75, 3.05) is 0 Å². The van der Waals surface area contributed by atoms with Gasteiger partial charge in [-0.25, -0.2) is 4.39 Å². The van der Waals surface area contributed by atoms with Gasteiger partial charge in [-0.05, 0) is 30.3 Å². The van der Waals surface area contributed by atoms with Crippen LogP contribution in [0.1, 0.15) is 23.1 Å². The molecule has 0 saturated carbocycles. The zero-order valence-electron chi connectivity index (χ0n) is 9.92. The molecule has 7 heteroatoms. The van der Waals surface area contributed by atoms with Crippen LogP contribution in [0.15, 0.2) is 18.2 Å². The molecule has 94 valence electrons. The van der Waals surface area contributed by atoms with Crippen LogP contribution >= 0.6 is 0 Å². The van der Waals surface area contributed by atoms with Crippen LogP contribution in [0, 0.1) is 5.82 Å². The molecule has 0 amide bonds. The Morgan fingerprint density at radius 2 is 2.28 bits per heavy atom. The summed E-state index contributed by atoms with van der Waals surface area (Å²) in [6.45, 7) is 1.42. The highest BCUT2D eigenvalue weighted by atomic mass is 19.1. The number of carbonyl (C=O) groups is 1. The van der Waals surface area contributed by atoms with Gasteiger partial charge in [0.2, 0.25) is 5.82 Å². The molecule has 0 bridgehead atoms. The highest BCUT2D eigenvalue weighted by Crippen LogP contribution is 2.20. The van der Waals surface area contributed by atoms with Crippen molar-refractivity contribution < 1.29 is 13.9 Å². The Morgan fingerprint density at radius 1 is 1.50 bits per heavy atom. The van der Waals surface area contributed by atoms with Crippen molar-refractivity contribution in [2.24, 2.45) is 7.05 Å². The van der Waals surface area contributed by atoms with Gasteiger partial charge >= 0.3 is 0 Å². The van der Waals surface area contributed by atoms with Gasteiger partial charge in [-0.3, -0.25) is 4.79 Å². The first kappa shape index (κ1) is 12.2. The molecule has 0 fully saturated rings. The van der Waals surface area contributed by atoms with Crippen LogP contribution in [0.2, 0.25) is 0 Å². The van der Waals surface area contributed by atoms with Crippen molar-refractivity contribution in [3.8, 4) is 5.75 Å². The van der Waals surface area contributed by atoms with E-state index in [1.807, 2.05) is 0 Å². The average Bonchev–Trinajstić information content (AvgIpc) is 2.73. The summed E-state index contributed by atoms with van der Waals surface area (Å²) in [6.07, 6.45) is 0. The molecule has 18 heavy (non-hydrogen) atoms. The SMILES string of the molecule is CC(=O)c1cc(F)ccc1OCc1nnn(C)n1. The van der Waals surface area contributed by atoms with Gasteiger partial charge in [-0.15, -0.1) is 10.2 Å². The molecule has 2 aromatic rings. The van der Waals surface area contributed by atoms with E-state index < -0.39 is 5.82 Å². The van der Waals surface area contributed by atoms with Crippen LogP contribution < -0.4 is 4.74 Å². The smallest absolute Gasteiger partial charge is 0.212 e. The minimum absolute atomic E-state index is 0.0692. The molecule has 0 unspecified atom stereocenters. The molecular weight excluding hydrogens is 239 g/mol. The number of ketones is 1. The summed E-state index contributed by atoms with van der Waals surface area (Å²) in [4.78, 5) is 12.6. The number of benzene rings is 1. The maximum absolute atomic E-state index is 13.0. The molecule has 6 nitrogen and oxygen atoms in total. The number of halogens is 1. The van der Waals surface area contributed by atoms with Gasteiger partial charge in [-0.2, -0.15) is 4.80 Å². The second kappa shape index (κ2) is 4.91. The van der Waals surface area contributed by atoms with E-state index in [2.05, 4.69) is 15.4 Å². The fraction of sp³-hybridized carbons (Fsp3) is 0.273. The number of tetrazole rings is 1. The molecule has 0 atom stereocenters. The van der Waals surface area contributed by atoms with Crippen molar-refractivity contribution in [2.45, 2.75) is 13.5 Å². The third-order valence-electron chi connectivity index (χ3n) is 2.23. The quantitative estimate of drug-likeness (QED) is 0.761. The number of hydrogen-bond donors (Lipinski definition) is 0. The summed E-state index contributed by atoms with van der Waals surface area (Å²) < 4.78 is 18.4. The highest BCUT2D eigenvalue weighted by Gasteiger charge is 2.11. The van der Waals surface area contributed by atoms with E-state index in [4.69, 9.17) is 4.74 Å². The zero-order valence-corrected chi connectivity index (χ0v) is 9.92. The van der Waals surface area contributed by atoms with E-state index in [0.29, 0.717) is 11.6 Å².